The number of nitrogens with one attached hydrogen (secondary N) is 1. The van der Waals surface area contributed by atoms with Crippen molar-refractivity contribution in [3.63, 3.8) is 0 Å². The number of benzene rings is 3. The number of ether oxygens (including phenoxy) is 1. The van der Waals surface area contributed by atoms with Crippen molar-refractivity contribution in [3.8, 4) is 17.2 Å². The summed E-state index contributed by atoms with van der Waals surface area (Å²) in [5.74, 6) is -1.03. The summed E-state index contributed by atoms with van der Waals surface area (Å²) in [4.78, 5) is 25.1. The van der Waals surface area contributed by atoms with E-state index < -0.39 is 18.5 Å². The van der Waals surface area contributed by atoms with Crippen LogP contribution in [0, 0.1) is 32.1 Å². The molecule has 0 saturated carbocycles. The van der Waals surface area contributed by atoms with Crippen LogP contribution in [-0.4, -0.2) is 18.5 Å². The molecule has 1 amide bonds. The minimum atomic E-state index is -0.620. The highest BCUT2D eigenvalue weighted by atomic mass is 16.5. The van der Waals surface area contributed by atoms with Crippen LogP contribution in [-0.2, 0) is 9.53 Å². The molecule has 3 aromatic carbocycles. The van der Waals surface area contributed by atoms with Crippen molar-refractivity contribution in [3.05, 3.63) is 88.5 Å². The lowest BCUT2D eigenvalue weighted by molar-refractivity contribution is -0.119. The highest BCUT2D eigenvalue weighted by Crippen LogP contribution is 2.27. The molecular formula is C25H22N2O3. The largest absolute Gasteiger partial charge is 0.452 e. The number of esters is 1. The van der Waals surface area contributed by atoms with Gasteiger partial charge in [-0.25, -0.2) is 4.79 Å². The SMILES string of the molecule is Cc1cc(C)c(NC(=O)COC(=O)c2ccccc2-c2ccccc2C#N)c(C)c1. The smallest absolute Gasteiger partial charge is 0.339 e. The third-order valence-corrected chi connectivity index (χ3v) is 4.76. The van der Waals surface area contributed by atoms with E-state index in [1.54, 1.807) is 48.5 Å². The van der Waals surface area contributed by atoms with Crippen LogP contribution in [0.3, 0.4) is 0 Å². The zero-order valence-corrected chi connectivity index (χ0v) is 17.2. The van der Waals surface area contributed by atoms with Crippen molar-refractivity contribution in [2.75, 3.05) is 11.9 Å². The van der Waals surface area contributed by atoms with Crippen molar-refractivity contribution in [1.29, 1.82) is 5.26 Å². The van der Waals surface area contributed by atoms with Crippen molar-refractivity contribution in [2.24, 2.45) is 0 Å². The zero-order valence-electron chi connectivity index (χ0n) is 17.2. The molecule has 150 valence electrons. The number of nitrogens with zero attached hydrogens (tertiary/aromatic N) is 1. The molecule has 0 heterocycles. The molecule has 0 fully saturated rings. The van der Waals surface area contributed by atoms with E-state index in [1.165, 1.54) is 0 Å². The first kappa shape index (κ1) is 20.8. The number of nitriles is 1. The average molecular weight is 398 g/mol. The van der Waals surface area contributed by atoms with Crippen LogP contribution >= 0.6 is 0 Å². The molecule has 0 bridgehead atoms. The molecule has 3 rings (SSSR count). The fourth-order valence-corrected chi connectivity index (χ4v) is 3.47. The number of hydrogen-bond acceptors (Lipinski definition) is 4. The molecule has 0 spiro atoms. The zero-order chi connectivity index (χ0) is 21.7. The van der Waals surface area contributed by atoms with E-state index >= 15 is 0 Å². The lowest BCUT2D eigenvalue weighted by Gasteiger charge is -2.14. The number of amides is 1. The first-order chi connectivity index (χ1) is 14.4. The lowest BCUT2D eigenvalue weighted by atomic mass is 9.96. The molecular weight excluding hydrogens is 376 g/mol. The highest BCUT2D eigenvalue weighted by molar-refractivity contribution is 6.00. The van der Waals surface area contributed by atoms with Gasteiger partial charge >= 0.3 is 5.97 Å². The maximum atomic E-state index is 12.7. The molecule has 0 atom stereocenters. The predicted octanol–water partition coefficient (Wildman–Crippen LogP) is 4.95. The fourth-order valence-electron chi connectivity index (χ4n) is 3.47. The van der Waals surface area contributed by atoms with Gasteiger partial charge in [-0.05, 0) is 49.6 Å². The monoisotopic (exact) mass is 398 g/mol. The number of carbonyl (C=O) groups excluding carboxylic acids is 2. The number of aryl methyl sites for hydroxylation is 3. The van der Waals surface area contributed by atoms with E-state index in [9.17, 15) is 14.9 Å². The highest BCUT2D eigenvalue weighted by Gasteiger charge is 2.17. The second-order valence-corrected chi connectivity index (χ2v) is 7.10. The topological polar surface area (TPSA) is 79.2 Å². The van der Waals surface area contributed by atoms with Crippen molar-refractivity contribution in [2.45, 2.75) is 20.8 Å². The summed E-state index contributed by atoms with van der Waals surface area (Å²) in [6, 6.07) is 20.0. The molecule has 30 heavy (non-hydrogen) atoms. The number of hydrogen-bond donors (Lipinski definition) is 1. The van der Waals surface area contributed by atoms with Gasteiger partial charge in [0.1, 0.15) is 0 Å². The van der Waals surface area contributed by atoms with Gasteiger partial charge in [0, 0.05) is 11.3 Å². The van der Waals surface area contributed by atoms with Gasteiger partial charge < -0.3 is 10.1 Å². The van der Waals surface area contributed by atoms with Crippen LogP contribution in [0.4, 0.5) is 5.69 Å². The maximum absolute atomic E-state index is 12.7. The third kappa shape index (κ3) is 4.56. The minimum absolute atomic E-state index is 0.302. The van der Waals surface area contributed by atoms with Gasteiger partial charge in [-0.15, -0.1) is 0 Å². The van der Waals surface area contributed by atoms with E-state index in [1.807, 2.05) is 32.9 Å². The van der Waals surface area contributed by atoms with Crippen LogP contribution in [0.1, 0.15) is 32.6 Å². The first-order valence-corrected chi connectivity index (χ1v) is 9.54. The normalized spacial score (nSPS) is 10.2. The molecule has 0 aliphatic carbocycles. The van der Waals surface area contributed by atoms with Crippen LogP contribution in [0.5, 0.6) is 0 Å². The Kier molecular flexibility index (Phi) is 6.29. The average Bonchev–Trinajstić information content (AvgIpc) is 2.74. The Labute approximate surface area is 175 Å². The Morgan fingerprint density at radius 1 is 0.933 bits per heavy atom. The Bertz CT molecular complexity index is 1140. The summed E-state index contributed by atoms with van der Waals surface area (Å²) in [5.41, 5.74) is 5.73. The molecule has 3 aromatic rings. The van der Waals surface area contributed by atoms with Crippen LogP contribution in [0.15, 0.2) is 60.7 Å². The summed E-state index contributed by atoms with van der Waals surface area (Å²) >= 11 is 0. The molecule has 0 unspecified atom stereocenters. The molecule has 0 saturated heterocycles. The summed E-state index contributed by atoms with van der Waals surface area (Å²) in [5, 5.41) is 12.2. The quantitative estimate of drug-likeness (QED) is 0.617. The summed E-state index contributed by atoms with van der Waals surface area (Å²) in [6.07, 6.45) is 0. The molecule has 1 N–H and O–H groups in total. The summed E-state index contributed by atoms with van der Waals surface area (Å²) in [6.45, 7) is 5.43. The third-order valence-electron chi connectivity index (χ3n) is 4.76. The van der Waals surface area contributed by atoms with Gasteiger partial charge in [-0.2, -0.15) is 5.26 Å². The standard InChI is InChI=1S/C25H22N2O3/c1-16-12-17(2)24(18(3)13-16)27-23(28)15-30-25(29)22-11-7-6-10-21(22)20-9-5-4-8-19(20)14-26/h4-13H,15H2,1-3H3,(H,27,28). The molecule has 0 aliphatic heterocycles. The van der Waals surface area contributed by atoms with Crippen molar-refractivity contribution >= 4 is 17.6 Å². The van der Waals surface area contributed by atoms with E-state index in [2.05, 4.69) is 11.4 Å². The van der Waals surface area contributed by atoms with Gasteiger partial charge in [0.2, 0.25) is 0 Å². The van der Waals surface area contributed by atoms with Crippen LogP contribution < -0.4 is 5.32 Å². The molecule has 5 heteroatoms. The van der Waals surface area contributed by atoms with Crippen molar-refractivity contribution in [1.82, 2.24) is 0 Å². The van der Waals surface area contributed by atoms with Gasteiger partial charge in [0.05, 0.1) is 17.2 Å². The maximum Gasteiger partial charge on any atom is 0.339 e. The molecule has 5 nitrogen and oxygen atoms in total. The van der Waals surface area contributed by atoms with Crippen LogP contribution in [0.2, 0.25) is 0 Å². The van der Waals surface area contributed by atoms with E-state index in [0.717, 1.165) is 22.4 Å². The molecule has 0 aliphatic rings. The lowest BCUT2D eigenvalue weighted by Crippen LogP contribution is -2.22. The van der Waals surface area contributed by atoms with E-state index in [4.69, 9.17) is 4.74 Å². The Balaban J connectivity index is 1.75. The van der Waals surface area contributed by atoms with E-state index in [-0.39, 0.29) is 0 Å². The number of anilines is 1. The second kappa shape index (κ2) is 9.06. The summed E-state index contributed by atoms with van der Waals surface area (Å²) < 4.78 is 5.27. The Morgan fingerprint density at radius 2 is 1.53 bits per heavy atom. The van der Waals surface area contributed by atoms with Gasteiger partial charge in [-0.1, -0.05) is 54.1 Å². The first-order valence-electron chi connectivity index (χ1n) is 9.54. The minimum Gasteiger partial charge on any atom is -0.452 e. The summed E-state index contributed by atoms with van der Waals surface area (Å²) in [7, 11) is 0. The van der Waals surface area contributed by atoms with Gasteiger partial charge in [-0.3, -0.25) is 4.79 Å². The second-order valence-electron chi connectivity index (χ2n) is 7.10. The fraction of sp³-hybridized carbons (Fsp3) is 0.160. The Hall–Kier alpha value is -3.91. The Morgan fingerprint density at radius 3 is 2.20 bits per heavy atom. The van der Waals surface area contributed by atoms with Gasteiger partial charge in [0.25, 0.3) is 5.91 Å². The van der Waals surface area contributed by atoms with Crippen LogP contribution in [0.25, 0.3) is 11.1 Å². The number of rotatable bonds is 5. The predicted molar refractivity (Wildman–Crippen MR) is 116 cm³/mol. The van der Waals surface area contributed by atoms with Crippen molar-refractivity contribution < 1.29 is 14.3 Å². The number of carbonyl (C=O) groups is 2. The van der Waals surface area contributed by atoms with E-state index in [0.29, 0.717) is 22.3 Å². The molecule has 0 aromatic heterocycles. The van der Waals surface area contributed by atoms with Gasteiger partial charge in [0.15, 0.2) is 6.61 Å². The molecule has 0 radical (unpaired) electrons.